The molecule has 22 heavy (non-hydrogen) atoms. The van der Waals surface area contributed by atoms with E-state index in [1.807, 2.05) is 17.0 Å². The molecule has 1 fully saturated rings. The fourth-order valence-corrected chi connectivity index (χ4v) is 2.80. The van der Waals surface area contributed by atoms with Gasteiger partial charge in [0.25, 0.3) is 5.91 Å². The summed E-state index contributed by atoms with van der Waals surface area (Å²) in [6.45, 7) is 9.47. The molecule has 1 atom stereocenters. The van der Waals surface area contributed by atoms with Gasteiger partial charge >= 0.3 is 0 Å². The van der Waals surface area contributed by atoms with Crippen molar-refractivity contribution in [2.75, 3.05) is 45.1 Å². The van der Waals surface area contributed by atoms with Crippen molar-refractivity contribution >= 4 is 11.6 Å². The molecule has 122 valence electrons. The molecule has 2 N–H and O–H groups in total. The van der Waals surface area contributed by atoms with Crippen LogP contribution < -0.4 is 5.73 Å². The molecule has 5 nitrogen and oxygen atoms in total. The minimum atomic E-state index is 0.00735. The number of para-hydroxylation sites is 1. The lowest BCUT2D eigenvalue weighted by molar-refractivity contribution is 0.0420. The monoisotopic (exact) mass is 305 g/mol. The molecule has 1 saturated heterocycles. The van der Waals surface area contributed by atoms with Gasteiger partial charge < -0.3 is 20.3 Å². The second-order valence-corrected chi connectivity index (χ2v) is 5.65. The largest absolute Gasteiger partial charge is 0.398 e. The summed E-state index contributed by atoms with van der Waals surface area (Å²) in [4.78, 5) is 16.6. The molecule has 0 radical (unpaired) electrons. The topological polar surface area (TPSA) is 58.8 Å². The highest BCUT2D eigenvalue weighted by molar-refractivity contribution is 5.99. The van der Waals surface area contributed by atoms with E-state index in [0.717, 1.165) is 39.2 Å². The number of rotatable bonds is 7. The lowest BCUT2D eigenvalue weighted by Gasteiger charge is -2.20. The van der Waals surface area contributed by atoms with Crippen LogP contribution in [0.2, 0.25) is 0 Å². The van der Waals surface area contributed by atoms with Crippen LogP contribution in [0.15, 0.2) is 24.3 Å². The Labute approximate surface area is 133 Å². The molecular weight excluding hydrogens is 278 g/mol. The average molecular weight is 305 g/mol. The second-order valence-electron chi connectivity index (χ2n) is 5.65. The predicted molar refractivity (Wildman–Crippen MR) is 88.9 cm³/mol. The number of carbonyl (C=O) groups excluding carboxylic acids is 1. The van der Waals surface area contributed by atoms with Crippen molar-refractivity contribution in [3.63, 3.8) is 0 Å². The number of hydrogen-bond donors (Lipinski definition) is 1. The molecule has 0 aromatic heterocycles. The van der Waals surface area contributed by atoms with Crippen molar-refractivity contribution in [1.29, 1.82) is 0 Å². The number of nitrogen functional groups attached to an aromatic ring is 1. The minimum absolute atomic E-state index is 0.00735. The summed E-state index contributed by atoms with van der Waals surface area (Å²) < 4.78 is 5.92. The minimum Gasteiger partial charge on any atom is -0.398 e. The first-order chi connectivity index (χ1) is 10.7. The number of carbonyl (C=O) groups is 1. The zero-order chi connectivity index (χ0) is 15.9. The van der Waals surface area contributed by atoms with E-state index in [1.165, 1.54) is 0 Å². The molecule has 1 aromatic carbocycles. The maximum Gasteiger partial charge on any atom is 0.256 e. The molecule has 0 aliphatic carbocycles. The summed E-state index contributed by atoms with van der Waals surface area (Å²) in [5, 5.41) is 0. The quantitative estimate of drug-likeness (QED) is 0.781. The molecule has 1 aromatic rings. The maximum absolute atomic E-state index is 12.5. The number of benzene rings is 1. The van der Waals surface area contributed by atoms with Crippen molar-refractivity contribution in [2.24, 2.45) is 0 Å². The molecule has 1 amide bonds. The molecule has 1 aliphatic heterocycles. The summed E-state index contributed by atoms with van der Waals surface area (Å²) in [6.07, 6.45) is 1.04. The average Bonchev–Trinajstić information content (AvgIpc) is 3.00. The number of amides is 1. The van der Waals surface area contributed by atoms with Crippen LogP contribution >= 0.6 is 0 Å². The van der Waals surface area contributed by atoms with Crippen molar-refractivity contribution in [1.82, 2.24) is 9.80 Å². The highest BCUT2D eigenvalue weighted by atomic mass is 16.5. The number of likely N-dealkylation sites (N-methyl/N-ethyl adjacent to an activating group) is 1. The van der Waals surface area contributed by atoms with E-state index in [4.69, 9.17) is 10.5 Å². The molecule has 5 heteroatoms. The third-order valence-electron chi connectivity index (χ3n) is 4.28. The molecule has 1 unspecified atom stereocenters. The van der Waals surface area contributed by atoms with E-state index in [1.54, 1.807) is 12.1 Å². The highest BCUT2D eigenvalue weighted by Crippen LogP contribution is 2.19. The van der Waals surface area contributed by atoms with E-state index in [9.17, 15) is 4.79 Å². The lowest BCUT2D eigenvalue weighted by Crippen LogP contribution is -2.32. The van der Waals surface area contributed by atoms with Crippen molar-refractivity contribution in [2.45, 2.75) is 26.4 Å². The van der Waals surface area contributed by atoms with E-state index < -0.39 is 0 Å². The van der Waals surface area contributed by atoms with Gasteiger partial charge in [-0.25, -0.2) is 0 Å². The first-order valence-corrected chi connectivity index (χ1v) is 8.13. The first-order valence-electron chi connectivity index (χ1n) is 8.13. The van der Waals surface area contributed by atoms with Gasteiger partial charge in [-0.05, 0) is 31.6 Å². The van der Waals surface area contributed by atoms with Gasteiger partial charge in [-0.3, -0.25) is 4.79 Å². The number of hydrogen-bond acceptors (Lipinski definition) is 4. The second kappa shape index (κ2) is 8.15. The number of likely N-dealkylation sites (tertiary alicyclic amines) is 1. The van der Waals surface area contributed by atoms with Gasteiger partial charge in [0.1, 0.15) is 0 Å². The van der Waals surface area contributed by atoms with E-state index in [-0.39, 0.29) is 12.0 Å². The van der Waals surface area contributed by atoms with Gasteiger partial charge in [0.05, 0.1) is 18.3 Å². The van der Waals surface area contributed by atoms with Crippen LogP contribution in [-0.4, -0.2) is 61.1 Å². The summed E-state index contributed by atoms with van der Waals surface area (Å²) in [6, 6.07) is 7.24. The Kier molecular flexibility index (Phi) is 6.21. The highest BCUT2D eigenvalue weighted by Gasteiger charge is 2.28. The van der Waals surface area contributed by atoms with Gasteiger partial charge in [-0.15, -0.1) is 0 Å². The fourth-order valence-electron chi connectivity index (χ4n) is 2.80. The van der Waals surface area contributed by atoms with Crippen LogP contribution in [0.4, 0.5) is 5.69 Å². The Hall–Kier alpha value is -1.59. The van der Waals surface area contributed by atoms with Gasteiger partial charge in [0.15, 0.2) is 0 Å². The lowest BCUT2D eigenvalue weighted by atomic mass is 10.1. The zero-order valence-electron chi connectivity index (χ0n) is 13.6. The Morgan fingerprint density at radius 3 is 2.77 bits per heavy atom. The Balaban J connectivity index is 1.80. The smallest absolute Gasteiger partial charge is 0.256 e. The molecule has 0 saturated carbocycles. The van der Waals surface area contributed by atoms with Crippen molar-refractivity contribution < 1.29 is 9.53 Å². The Morgan fingerprint density at radius 1 is 1.36 bits per heavy atom. The number of nitrogens with zero attached hydrogens (tertiary/aromatic N) is 2. The number of nitrogens with two attached hydrogens (primary N) is 1. The number of ether oxygens (including phenoxy) is 1. The summed E-state index contributed by atoms with van der Waals surface area (Å²) in [5.41, 5.74) is 7.01. The third kappa shape index (κ3) is 4.21. The molecule has 2 rings (SSSR count). The van der Waals surface area contributed by atoms with Gasteiger partial charge in [-0.1, -0.05) is 26.0 Å². The molecule has 0 bridgehead atoms. The van der Waals surface area contributed by atoms with Gasteiger partial charge in [0, 0.05) is 25.3 Å². The summed E-state index contributed by atoms with van der Waals surface area (Å²) >= 11 is 0. The molecule has 1 heterocycles. The Bertz CT molecular complexity index is 489. The standard InChI is InChI=1S/C17H27N3O2/c1-3-19(4-2)11-12-22-14-9-10-20(13-14)17(21)15-7-5-6-8-16(15)18/h5-8,14H,3-4,9-13,18H2,1-2H3. The van der Waals surface area contributed by atoms with Gasteiger partial charge in [-0.2, -0.15) is 0 Å². The van der Waals surface area contributed by atoms with Crippen molar-refractivity contribution in [3.8, 4) is 0 Å². The summed E-state index contributed by atoms with van der Waals surface area (Å²) in [7, 11) is 0. The fraction of sp³-hybridized carbons (Fsp3) is 0.588. The molecular formula is C17H27N3O2. The molecule has 0 spiro atoms. The molecule has 1 aliphatic rings. The van der Waals surface area contributed by atoms with Crippen LogP contribution in [0.25, 0.3) is 0 Å². The van der Waals surface area contributed by atoms with Crippen LogP contribution in [0.3, 0.4) is 0 Å². The number of anilines is 1. The van der Waals surface area contributed by atoms with Crippen molar-refractivity contribution in [3.05, 3.63) is 29.8 Å². The SMILES string of the molecule is CCN(CC)CCOC1CCN(C(=O)c2ccccc2N)C1. The first kappa shape index (κ1) is 16.8. The third-order valence-corrected chi connectivity index (χ3v) is 4.28. The van der Waals surface area contributed by atoms with Crippen LogP contribution in [0.5, 0.6) is 0 Å². The zero-order valence-corrected chi connectivity index (χ0v) is 13.6. The van der Waals surface area contributed by atoms with Crippen LogP contribution in [-0.2, 0) is 4.74 Å². The van der Waals surface area contributed by atoms with Crippen LogP contribution in [0.1, 0.15) is 30.6 Å². The van der Waals surface area contributed by atoms with Crippen LogP contribution in [0, 0.1) is 0 Å². The Morgan fingerprint density at radius 2 is 2.09 bits per heavy atom. The van der Waals surface area contributed by atoms with E-state index in [0.29, 0.717) is 17.8 Å². The summed E-state index contributed by atoms with van der Waals surface area (Å²) in [5.74, 6) is 0.00735. The van der Waals surface area contributed by atoms with E-state index >= 15 is 0 Å². The predicted octanol–water partition coefficient (Wildman–Crippen LogP) is 1.84. The maximum atomic E-state index is 12.5. The van der Waals surface area contributed by atoms with Gasteiger partial charge in [0.2, 0.25) is 0 Å². The normalized spacial score (nSPS) is 18.1. The van der Waals surface area contributed by atoms with E-state index in [2.05, 4.69) is 18.7 Å².